The normalized spacial score (nSPS) is 36.9. The molecule has 9 heavy (non-hydrogen) atoms. The third-order valence-corrected chi connectivity index (χ3v) is 1.43. The molecule has 1 heterocycles. The van der Waals surface area contributed by atoms with Gasteiger partial charge >= 0.3 is 0 Å². The molecule has 0 saturated carbocycles. The van der Waals surface area contributed by atoms with Gasteiger partial charge in [0, 0.05) is 6.42 Å². The zero-order valence-corrected chi connectivity index (χ0v) is 5.32. The van der Waals surface area contributed by atoms with E-state index in [0.717, 1.165) is 0 Å². The molecule has 1 rings (SSSR count). The number of hydrogen-bond acceptors (Lipinski definition) is 2. The first-order chi connectivity index (χ1) is 4.13. The van der Waals surface area contributed by atoms with Crippen molar-refractivity contribution in [1.29, 1.82) is 0 Å². The molecule has 0 aromatic heterocycles. The maximum Gasteiger partial charge on any atom is 0.189 e. The average Bonchev–Trinajstić information content (AvgIpc) is 1.77. The minimum atomic E-state index is -1.72. The highest BCUT2D eigenvalue weighted by Crippen LogP contribution is 2.18. The Labute approximate surface area is 53.0 Å². The van der Waals surface area contributed by atoms with Crippen LogP contribution in [0.15, 0.2) is 0 Å². The van der Waals surface area contributed by atoms with Crippen LogP contribution in [0.5, 0.6) is 0 Å². The predicted octanol–water partition coefficient (Wildman–Crippen LogP) is 0.704. The summed E-state index contributed by atoms with van der Waals surface area (Å²) < 4.78 is 17.5. The SMILES string of the molecule is CC1(F)COCCC1=O. The Balaban J connectivity index is 2.60. The molecular weight excluding hydrogens is 123 g/mol. The molecule has 0 aromatic carbocycles. The van der Waals surface area contributed by atoms with E-state index >= 15 is 0 Å². The highest BCUT2D eigenvalue weighted by Gasteiger charge is 2.35. The maximum atomic E-state index is 12.8. The highest BCUT2D eigenvalue weighted by atomic mass is 19.1. The van der Waals surface area contributed by atoms with Gasteiger partial charge < -0.3 is 4.74 Å². The molecule has 1 aliphatic heterocycles. The lowest BCUT2D eigenvalue weighted by molar-refractivity contribution is -0.141. The van der Waals surface area contributed by atoms with Gasteiger partial charge in [-0.25, -0.2) is 4.39 Å². The second kappa shape index (κ2) is 2.06. The number of carbonyl (C=O) groups excluding carboxylic acids is 1. The Hall–Kier alpha value is -0.440. The van der Waals surface area contributed by atoms with E-state index in [1.165, 1.54) is 6.92 Å². The lowest BCUT2D eigenvalue weighted by atomic mass is 10.00. The number of rotatable bonds is 0. The molecule has 3 heteroatoms. The summed E-state index contributed by atoms with van der Waals surface area (Å²) in [5.41, 5.74) is -1.72. The van der Waals surface area contributed by atoms with Gasteiger partial charge in [-0.2, -0.15) is 0 Å². The summed E-state index contributed by atoms with van der Waals surface area (Å²) in [6.07, 6.45) is 0.215. The van der Waals surface area contributed by atoms with Gasteiger partial charge in [-0.3, -0.25) is 4.79 Å². The maximum absolute atomic E-state index is 12.8. The summed E-state index contributed by atoms with van der Waals surface area (Å²) in [4.78, 5) is 10.7. The van der Waals surface area contributed by atoms with Crippen LogP contribution >= 0.6 is 0 Å². The molecule has 0 N–H and O–H groups in total. The lowest BCUT2D eigenvalue weighted by Crippen LogP contribution is -2.40. The monoisotopic (exact) mass is 132 g/mol. The van der Waals surface area contributed by atoms with Crippen LogP contribution < -0.4 is 0 Å². The van der Waals surface area contributed by atoms with E-state index in [-0.39, 0.29) is 18.8 Å². The molecule has 1 aliphatic rings. The summed E-state index contributed by atoms with van der Waals surface area (Å²) in [5, 5.41) is 0. The second-order valence-corrected chi connectivity index (χ2v) is 2.42. The first-order valence-corrected chi connectivity index (χ1v) is 2.93. The van der Waals surface area contributed by atoms with E-state index in [9.17, 15) is 9.18 Å². The van der Waals surface area contributed by atoms with Gasteiger partial charge in [-0.05, 0) is 6.92 Å². The van der Waals surface area contributed by atoms with Crippen molar-refractivity contribution >= 4 is 5.78 Å². The number of Topliss-reactive ketones (excluding diaryl/α,β-unsaturated/α-hetero) is 1. The Morgan fingerprint density at radius 1 is 1.78 bits per heavy atom. The Kier molecular flexibility index (Phi) is 1.53. The van der Waals surface area contributed by atoms with Crippen molar-refractivity contribution < 1.29 is 13.9 Å². The minimum absolute atomic E-state index is 0.0775. The first kappa shape index (κ1) is 6.68. The van der Waals surface area contributed by atoms with E-state index in [1.807, 2.05) is 0 Å². The minimum Gasteiger partial charge on any atom is -0.377 e. The van der Waals surface area contributed by atoms with Crippen molar-refractivity contribution in [2.75, 3.05) is 13.2 Å². The number of carbonyl (C=O) groups is 1. The lowest BCUT2D eigenvalue weighted by Gasteiger charge is -2.23. The van der Waals surface area contributed by atoms with E-state index in [2.05, 4.69) is 0 Å². The molecule has 0 spiro atoms. The number of hydrogen-bond donors (Lipinski definition) is 0. The number of alkyl halides is 1. The van der Waals surface area contributed by atoms with Gasteiger partial charge in [-0.15, -0.1) is 0 Å². The third-order valence-electron chi connectivity index (χ3n) is 1.43. The van der Waals surface area contributed by atoms with Crippen molar-refractivity contribution in [3.8, 4) is 0 Å². The average molecular weight is 132 g/mol. The van der Waals surface area contributed by atoms with E-state index in [0.29, 0.717) is 6.61 Å². The van der Waals surface area contributed by atoms with Gasteiger partial charge in [0.15, 0.2) is 11.5 Å². The summed E-state index contributed by atoms with van der Waals surface area (Å²) in [6, 6.07) is 0. The van der Waals surface area contributed by atoms with Crippen molar-refractivity contribution in [2.45, 2.75) is 19.0 Å². The van der Waals surface area contributed by atoms with Crippen LogP contribution in [0.3, 0.4) is 0 Å². The van der Waals surface area contributed by atoms with Crippen LogP contribution in [0.25, 0.3) is 0 Å². The molecule has 52 valence electrons. The Morgan fingerprint density at radius 2 is 2.44 bits per heavy atom. The van der Waals surface area contributed by atoms with Crippen molar-refractivity contribution in [3.05, 3.63) is 0 Å². The summed E-state index contributed by atoms with van der Waals surface area (Å²) in [6.45, 7) is 1.55. The summed E-state index contributed by atoms with van der Waals surface area (Å²) in [5.74, 6) is -0.339. The second-order valence-electron chi connectivity index (χ2n) is 2.42. The molecule has 0 aromatic rings. The van der Waals surface area contributed by atoms with E-state index in [4.69, 9.17) is 4.74 Å². The van der Waals surface area contributed by atoms with Gasteiger partial charge in [0.05, 0.1) is 13.2 Å². The zero-order chi connectivity index (χ0) is 6.91. The summed E-state index contributed by atoms with van der Waals surface area (Å²) >= 11 is 0. The number of ether oxygens (including phenoxy) is 1. The molecule has 1 unspecified atom stereocenters. The first-order valence-electron chi connectivity index (χ1n) is 2.93. The van der Waals surface area contributed by atoms with Crippen LogP contribution in [0.4, 0.5) is 4.39 Å². The fourth-order valence-electron chi connectivity index (χ4n) is 0.770. The van der Waals surface area contributed by atoms with Crippen LogP contribution in [0.1, 0.15) is 13.3 Å². The Bertz CT molecular complexity index is 131. The molecule has 1 saturated heterocycles. The number of ketones is 1. The topological polar surface area (TPSA) is 26.3 Å². The fourth-order valence-corrected chi connectivity index (χ4v) is 0.770. The van der Waals surface area contributed by atoms with Crippen LogP contribution in [-0.2, 0) is 9.53 Å². The Morgan fingerprint density at radius 3 is 2.78 bits per heavy atom. The van der Waals surface area contributed by atoms with Gasteiger partial charge in [0.1, 0.15) is 0 Å². The van der Waals surface area contributed by atoms with E-state index < -0.39 is 5.67 Å². The van der Waals surface area contributed by atoms with Crippen LogP contribution in [-0.4, -0.2) is 24.7 Å². The van der Waals surface area contributed by atoms with Crippen molar-refractivity contribution in [2.24, 2.45) is 0 Å². The molecule has 1 fully saturated rings. The molecule has 0 bridgehead atoms. The molecule has 2 nitrogen and oxygen atoms in total. The molecule has 0 aliphatic carbocycles. The van der Waals surface area contributed by atoms with Gasteiger partial charge in [-0.1, -0.05) is 0 Å². The molecule has 0 amide bonds. The van der Waals surface area contributed by atoms with Gasteiger partial charge in [0.25, 0.3) is 0 Å². The molecule has 1 atom stereocenters. The van der Waals surface area contributed by atoms with Crippen LogP contribution in [0.2, 0.25) is 0 Å². The fraction of sp³-hybridized carbons (Fsp3) is 0.833. The third kappa shape index (κ3) is 1.27. The number of halogens is 1. The highest BCUT2D eigenvalue weighted by molar-refractivity contribution is 5.87. The smallest absolute Gasteiger partial charge is 0.189 e. The summed E-state index contributed by atoms with van der Waals surface area (Å²) in [7, 11) is 0. The molecular formula is C6H9FO2. The van der Waals surface area contributed by atoms with Crippen LogP contribution in [0, 0.1) is 0 Å². The van der Waals surface area contributed by atoms with E-state index in [1.54, 1.807) is 0 Å². The van der Waals surface area contributed by atoms with Crippen molar-refractivity contribution in [3.63, 3.8) is 0 Å². The quantitative estimate of drug-likeness (QED) is 0.485. The standard InChI is InChI=1S/C6H9FO2/c1-6(7)4-9-3-2-5(6)8/h2-4H2,1H3. The zero-order valence-electron chi connectivity index (χ0n) is 5.32. The van der Waals surface area contributed by atoms with Gasteiger partial charge in [0.2, 0.25) is 0 Å². The largest absolute Gasteiger partial charge is 0.377 e. The van der Waals surface area contributed by atoms with Crippen molar-refractivity contribution in [1.82, 2.24) is 0 Å². The molecule has 0 radical (unpaired) electrons. The predicted molar refractivity (Wildman–Crippen MR) is 30.0 cm³/mol.